The molecule has 0 fully saturated rings. The van der Waals surface area contributed by atoms with E-state index in [4.69, 9.17) is 0 Å². The number of fused-ring (bicyclic) bond motifs is 1. The van der Waals surface area contributed by atoms with Crippen LogP contribution in [-0.2, 0) is 22.8 Å². The molecule has 3 heterocycles. The number of aryl methyl sites for hydroxylation is 1. The van der Waals surface area contributed by atoms with Crippen molar-refractivity contribution >= 4 is 36.9 Å². The molecule has 29 heavy (non-hydrogen) atoms. The summed E-state index contributed by atoms with van der Waals surface area (Å²) < 4.78 is 91.2. The Morgan fingerprint density at radius 2 is 1.76 bits per heavy atom. The summed E-state index contributed by atoms with van der Waals surface area (Å²) in [5, 5.41) is 6.41. The van der Waals surface area contributed by atoms with Crippen LogP contribution in [0.25, 0.3) is 22.7 Å². The third kappa shape index (κ3) is 3.58. The molecule has 0 atom stereocenters. The van der Waals surface area contributed by atoms with Gasteiger partial charge in [0.05, 0.1) is 10.6 Å². The fourth-order valence-electron chi connectivity index (χ4n) is 2.49. The van der Waals surface area contributed by atoms with Crippen LogP contribution in [0.4, 0.5) is 22.0 Å². The second-order valence-corrected chi connectivity index (χ2v) is 8.95. The number of halogens is 6. The van der Waals surface area contributed by atoms with E-state index in [2.05, 4.69) is 36.1 Å². The molecule has 7 nitrogen and oxygen atoms in total. The van der Waals surface area contributed by atoms with Gasteiger partial charge in [0, 0.05) is 7.05 Å². The van der Waals surface area contributed by atoms with Gasteiger partial charge in [-0.1, -0.05) is 6.92 Å². The van der Waals surface area contributed by atoms with Crippen molar-refractivity contribution in [1.29, 1.82) is 0 Å². The summed E-state index contributed by atoms with van der Waals surface area (Å²) in [6.07, 6.45) is -5.86. The largest absolute Gasteiger partial charge is 0.459 e. The van der Waals surface area contributed by atoms with Gasteiger partial charge in [0.15, 0.2) is 21.3 Å². The molecule has 3 rings (SSSR count). The van der Waals surface area contributed by atoms with Gasteiger partial charge in [-0.25, -0.2) is 18.4 Å². The molecule has 0 unspecified atom stereocenters. The van der Waals surface area contributed by atoms with Gasteiger partial charge in [-0.05, 0) is 34.1 Å². The molecule has 0 aliphatic rings. The van der Waals surface area contributed by atoms with Crippen molar-refractivity contribution in [3.63, 3.8) is 0 Å². The van der Waals surface area contributed by atoms with Gasteiger partial charge in [0.25, 0.3) is 0 Å². The number of rotatable bonds is 4. The van der Waals surface area contributed by atoms with E-state index in [0.717, 1.165) is 0 Å². The zero-order valence-corrected chi connectivity index (χ0v) is 17.1. The fraction of sp³-hybridized carbons (Fsp3) is 0.333. The average molecular weight is 500 g/mol. The number of pyridine rings is 1. The maximum atomic E-state index is 13.6. The summed E-state index contributed by atoms with van der Waals surface area (Å²) in [4.78, 5) is 7.93. The van der Waals surface area contributed by atoms with Crippen molar-refractivity contribution in [3.05, 3.63) is 28.5 Å². The minimum atomic E-state index is -5.86. The number of hydrogen-bond donors (Lipinski definition) is 0. The van der Waals surface area contributed by atoms with Crippen LogP contribution in [-0.4, -0.2) is 45.1 Å². The number of hydrogen-bond acceptors (Lipinski definition) is 6. The van der Waals surface area contributed by atoms with Crippen molar-refractivity contribution < 1.29 is 30.4 Å². The lowest BCUT2D eigenvalue weighted by Gasteiger charge is -2.17. The Morgan fingerprint density at radius 3 is 2.34 bits per heavy atom. The van der Waals surface area contributed by atoms with Gasteiger partial charge in [-0.2, -0.15) is 22.0 Å². The van der Waals surface area contributed by atoms with E-state index in [9.17, 15) is 30.4 Å². The number of sulfone groups is 1. The van der Waals surface area contributed by atoms with E-state index in [1.807, 2.05) is 0 Å². The standard InChI is InChI=1S/C15H11BrF5N5O2S/c1-3-29(27,28)8-4-5-10(16)23-11(8)13-22-7-6-9(14(17,18)15(19,20)21)24-25-12(7)26(13)2/h4-6H,3H2,1-2H3. The Balaban J connectivity index is 2.27. The van der Waals surface area contributed by atoms with Crippen molar-refractivity contribution in [2.45, 2.75) is 23.9 Å². The molecule has 3 aromatic rings. The Labute approximate surface area is 169 Å². The Kier molecular flexibility index (Phi) is 5.14. The molecule has 156 valence electrons. The smallest absolute Gasteiger partial charge is 0.309 e. The van der Waals surface area contributed by atoms with Gasteiger partial charge in [0.1, 0.15) is 21.5 Å². The summed E-state index contributed by atoms with van der Waals surface area (Å²) in [5.41, 5.74) is -2.17. The second kappa shape index (κ2) is 6.93. The maximum Gasteiger partial charge on any atom is 0.459 e. The predicted molar refractivity (Wildman–Crippen MR) is 94.9 cm³/mol. The molecule has 0 aliphatic carbocycles. The molecule has 0 spiro atoms. The molecule has 3 aromatic heterocycles. The van der Waals surface area contributed by atoms with Gasteiger partial charge in [-0.15, -0.1) is 10.2 Å². The fourth-order valence-corrected chi connectivity index (χ4v) is 3.81. The Morgan fingerprint density at radius 1 is 1.10 bits per heavy atom. The number of imidazole rings is 1. The summed E-state index contributed by atoms with van der Waals surface area (Å²) in [6.45, 7) is 1.42. The first kappa shape index (κ1) is 21.5. The Hall–Kier alpha value is -2.22. The van der Waals surface area contributed by atoms with Crippen LogP contribution in [0.3, 0.4) is 0 Å². The first-order valence-electron chi connectivity index (χ1n) is 7.84. The average Bonchev–Trinajstić information content (AvgIpc) is 2.96. The second-order valence-electron chi connectivity index (χ2n) is 5.89. The monoisotopic (exact) mass is 499 g/mol. The minimum absolute atomic E-state index is 0.0879. The van der Waals surface area contributed by atoms with Crippen LogP contribution >= 0.6 is 15.9 Å². The van der Waals surface area contributed by atoms with Crippen LogP contribution in [0, 0.1) is 0 Å². The van der Waals surface area contributed by atoms with Gasteiger partial charge in [0.2, 0.25) is 0 Å². The van der Waals surface area contributed by atoms with Gasteiger partial charge < -0.3 is 4.57 Å². The maximum absolute atomic E-state index is 13.6. The topological polar surface area (TPSA) is 90.6 Å². The minimum Gasteiger partial charge on any atom is -0.309 e. The van der Waals surface area contributed by atoms with Crippen LogP contribution in [0.2, 0.25) is 0 Å². The first-order chi connectivity index (χ1) is 13.3. The zero-order chi connectivity index (χ0) is 21.8. The molecule has 0 aliphatic heterocycles. The quantitative estimate of drug-likeness (QED) is 0.402. The molecule has 0 bridgehead atoms. The van der Waals surface area contributed by atoms with Gasteiger partial charge in [-0.3, -0.25) is 0 Å². The van der Waals surface area contributed by atoms with Gasteiger partial charge >= 0.3 is 12.1 Å². The highest BCUT2D eigenvalue weighted by Gasteiger charge is 2.60. The van der Waals surface area contributed by atoms with E-state index < -0.39 is 27.6 Å². The number of aromatic nitrogens is 5. The normalized spacial score (nSPS) is 13.2. The lowest BCUT2D eigenvalue weighted by Crippen LogP contribution is -2.34. The molecule has 14 heteroatoms. The van der Waals surface area contributed by atoms with E-state index in [1.165, 1.54) is 30.7 Å². The summed E-state index contributed by atoms with van der Waals surface area (Å²) in [6, 6.07) is 3.15. The van der Waals surface area contributed by atoms with Crippen LogP contribution < -0.4 is 0 Å². The molecular formula is C15H11BrF5N5O2S. The highest BCUT2D eigenvalue weighted by atomic mass is 79.9. The molecule has 0 radical (unpaired) electrons. The zero-order valence-electron chi connectivity index (χ0n) is 14.7. The van der Waals surface area contributed by atoms with Crippen molar-refractivity contribution in [1.82, 2.24) is 24.7 Å². The highest BCUT2D eigenvalue weighted by molar-refractivity contribution is 9.10. The van der Waals surface area contributed by atoms with Crippen molar-refractivity contribution in [2.24, 2.45) is 7.05 Å². The van der Waals surface area contributed by atoms with Crippen LogP contribution in [0.1, 0.15) is 12.6 Å². The van der Waals surface area contributed by atoms with Crippen LogP contribution in [0.5, 0.6) is 0 Å². The lowest BCUT2D eigenvalue weighted by atomic mass is 10.2. The van der Waals surface area contributed by atoms with E-state index in [0.29, 0.717) is 6.07 Å². The predicted octanol–water partition coefficient (Wildman–Crippen LogP) is 3.64. The number of nitrogens with zero attached hydrogens (tertiary/aromatic N) is 5. The third-order valence-electron chi connectivity index (χ3n) is 4.05. The summed E-state index contributed by atoms with van der Waals surface area (Å²) in [5.74, 6) is -5.55. The van der Waals surface area contributed by atoms with E-state index in [1.54, 1.807) is 0 Å². The van der Waals surface area contributed by atoms with Crippen molar-refractivity contribution in [3.8, 4) is 11.5 Å². The molecule has 0 saturated carbocycles. The van der Waals surface area contributed by atoms with E-state index in [-0.39, 0.29) is 37.9 Å². The third-order valence-corrected chi connectivity index (χ3v) is 6.25. The van der Waals surface area contributed by atoms with Crippen LogP contribution in [0.15, 0.2) is 27.7 Å². The molecule has 0 saturated heterocycles. The molecule has 0 N–H and O–H groups in total. The highest BCUT2D eigenvalue weighted by Crippen LogP contribution is 2.43. The van der Waals surface area contributed by atoms with Crippen molar-refractivity contribution in [2.75, 3.05) is 5.75 Å². The molecule has 0 amide bonds. The lowest BCUT2D eigenvalue weighted by molar-refractivity contribution is -0.291. The Bertz CT molecular complexity index is 1210. The SMILES string of the molecule is CCS(=O)(=O)c1ccc(Br)nc1-c1nc2cc(C(F)(F)C(F)(F)F)nnc2n1C. The number of alkyl halides is 5. The summed E-state index contributed by atoms with van der Waals surface area (Å²) in [7, 11) is -2.36. The molecule has 0 aromatic carbocycles. The molecular weight excluding hydrogens is 489 g/mol. The summed E-state index contributed by atoms with van der Waals surface area (Å²) >= 11 is 3.12. The first-order valence-corrected chi connectivity index (χ1v) is 10.3. The van der Waals surface area contributed by atoms with E-state index >= 15 is 0 Å².